The molecule has 0 unspecified atom stereocenters. The number of rotatable bonds is 5. The molecule has 1 amide bonds. The number of hydrogen-bond donors (Lipinski definition) is 1. The summed E-state index contributed by atoms with van der Waals surface area (Å²) in [5.74, 6) is 0.381. The number of nitrogens with zero attached hydrogens (tertiary/aromatic N) is 1. The van der Waals surface area contributed by atoms with Gasteiger partial charge in [0.05, 0.1) is 22.8 Å². The Labute approximate surface area is 203 Å². The second kappa shape index (κ2) is 9.43. The van der Waals surface area contributed by atoms with Gasteiger partial charge >= 0.3 is 0 Å². The summed E-state index contributed by atoms with van der Waals surface area (Å²) in [6.07, 6.45) is 2.88. The van der Waals surface area contributed by atoms with Crippen LogP contribution in [0.5, 0.6) is 5.75 Å². The Hall–Kier alpha value is -2.70. The van der Waals surface area contributed by atoms with Gasteiger partial charge in [-0.2, -0.15) is 0 Å². The summed E-state index contributed by atoms with van der Waals surface area (Å²) >= 11 is 24.5. The number of carbonyl (C=O) groups excluding carboxylic acids is 1. The first-order chi connectivity index (χ1) is 15.3. The highest BCUT2D eigenvalue weighted by molar-refractivity contribution is 6.36. The van der Waals surface area contributed by atoms with Crippen molar-refractivity contribution in [2.75, 3.05) is 12.4 Å². The molecule has 0 aliphatic rings. The van der Waals surface area contributed by atoms with Gasteiger partial charge in [-0.05, 0) is 54.6 Å². The van der Waals surface area contributed by atoms with Gasteiger partial charge < -0.3 is 14.5 Å². The third-order valence-corrected chi connectivity index (χ3v) is 5.54. The molecule has 0 saturated heterocycles. The average Bonchev–Trinajstić information content (AvgIpc) is 3.16. The Balaban J connectivity index is 1.58. The number of methoxy groups -OCH3 is 1. The van der Waals surface area contributed by atoms with E-state index in [0.29, 0.717) is 59.6 Å². The number of anilines is 1. The van der Waals surface area contributed by atoms with Crippen molar-refractivity contribution in [3.05, 3.63) is 80.3 Å². The molecule has 0 aliphatic heterocycles. The van der Waals surface area contributed by atoms with E-state index in [9.17, 15) is 4.79 Å². The minimum atomic E-state index is -0.411. The van der Waals surface area contributed by atoms with Crippen LogP contribution in [-0.2, 0) is 4.79 Å². The minimum Gasteiger partial charge on any atom is -0.495 e. The lowest BCUT2D eigenvalue weighted by atomic mass is 10.1. The topological polar surface area (TPSA) is 64.4 Å². The highest BCUT2D eigenvalue weighted by atomic mass is 35.5. The molecule has 0 aliphatic carbocycles. The molecular weight excluding hydrogens is 494 g/mol. The number of benzene rings is 3. The lowest BCUT2D eigenvalue weighted by Gasteiger charge is -2.08. The van der Waals surface area contributed by atoms with Gasteiger partial charge in [0.1, 0.15) is 11.3 Å². The molecule has 162 valence electrons. The van der Waals surface area contributed by atoms with Crippen molar-refractivity contribution in [1.82, 2.24) is 4.98 Å². The summed E-state index contributed by atoms with van der Waals surface area (Å²) in [7, 11) is 1.48. The molecule has 0 radical (unpaired) electrons. The van der Waals surface area contributed by atoms with E-state index in [0.717, 1.165) is 0 Å². The summed E-state index contributed by atoms with van der Waals surface area (Å²) in [4.78, 5) is 17.0. The van der Waals surface area contributed by atoms with Crippen molar-refractivity contribution in [3.8, 4) is 17.2 Å². The van der Waals surface area contributed by atoms with E-state index < -0.39 is 5.91 Å². The first-order valence-corrected chi connectivity index (χ1v) is 10.7. The molecule has 1 N–H and O–H groups in total. The molecule has 4 rings (SSSR count). The molecule has 1 aromatic heterocycles. The molecule has 4 aromatic rings. The number of hydrogen-bond acceptors (Lipinski definition) is 4. The fraction of sp³-hybridized carbons (Fsp3) is 0.0435. The van der Waals surface area contributed by atoms with E-state index in [4.69, 9.17) is 55.6 Å². The number of fused-ring (bicyclic) bond motifs is 1. The largest absolute Gasteiger partial charge is 0.495 e. The van der Waals surface area contributed by atoms with E-state index in [1.807, 2.05) is 0 Å². The van der Waals surface area contributed by atoms with Gasteiger partial charge in [-0.25, -0.2) is 4.98 Å². The Morgan fingerprint density at radius 3 is 2.59 bits per heavy atom. The fourth-order valence-electron chi connectivity index (χ4n) is 3.04. The van der Waals surface area contributed by atoms with E-state index in [-0.39, 0.29) is 0 Å². The van der Waals surface area contributed by atoms with Crippen LogP contribution in [0.4, 0.5) is 5.69 Å². The highest BCUT2D eigenvalue weighted by Gasteiger charge is 2.13. The van der Waals surface area contributed by atoms with Crippen molar-refractivity contribution < 1.29 is 13.9 Å². The van der Waals surface area contributed by atoms with Gasteiger partial charge in [-0.15, -0.1) is 0 Å². The van der Waals surface area contributed by atoms with E-state index in [1.165, 1.54) is 13.2 Å². The molecule has 0 spiro atoms. The van der Waals surface area contributed by atoms with Crippen LogP contribution >= 0.6 is 46.4 Å². The number of ether oxygens (including phenoxy) is 1. The van der Waals surface area contributed by atoms with Crippen LogP contribution in [0.3, 0.4) is 0 Å². The second-order valence-electron chi connectivity index (χ2n) is 6.66. The van der Waals surface area contributed by atoms with Gasteiger partial charge in [0, 0.05) is 27.2 Å². The van der Waals surface area contributed by atoms with Gasteiger partial charge in [-0.1, -0.05) is 46.4 Å². The summed E-state index contributed by atoms with van der Waals surface area (Å²) in [6.45, 7) is 0. The number of carbonyl (C=O) groups is 1. The van der Waals surface area contributed by atoms with Crippen LogP contribution in [0.25, 0.3) is 28.6 Å². The fourth-order valence-corrected chi connectivity index (χ4v) is 3.95. The zero-order chi connectivity index (χ0) is 22.8. The molecule has 32 heavy (non-hydrogen) atoms. The first kappa shape index (κ1) is 22.5. The van der Waals surface area contributed by atoms with Crippen LogP contribution in [0.15, 0.2) is 59.0 Å². The number of amides is 1. The lowest BCUT2D eigenvalue weighted by Crippen LogP contribution is -2.08. The van der Waals surface area contributed by atoms with Crippen molar-refractivity contribution in [3.63, 3.8) is 0 Å². The summed E-state index contributed by atoms with van der Waals surface area (Å²) in [5, 5.41) is 4.43. The zero-order valence-electron chi connectivity index (χ0n) is 16.5. The van der Waals surface area contributed by atoms with Crippen LogP contribution in [0, 0.1) is 0 Å². The van der Waals surface area contributed by atoms with Gasteiger partial charge in [0.15, 0.2) is 5.58 Å². The molecule has 3 aromatic carbocycles. The van der Waals surface area contributed by atoms with Crippen molar-refractivity contribution >= 4 is 75.2 Å². The molecule has 0 fully saturated rings. The monoisotopic (exact) mass is 506 g/mol. The Kier molecular flexibility index (Phi) is 6.63. The molecule has 1 heterocycles. The van der Waals surface area contributed by atoms with Crippen LogP contribution < -0.4 is 10.1 Å². The highest BCUT2D eigenvalue weighted by Crippen LogP contribution is 2.34. The summed E-state index contributed by atoms with van der Waals surface area (Å²) in [5.41, 5.74) is 2.83. The number of nitrogens with one attached hydrogen (secondary N) is 1. The maximum Gasteiger partial charge on any atom is 0.248 e. The maximum atomic E-state index is 12.5. The van der Waals surface area contributed by atoms with E-state index in [1.54, 1.807) is 54.6 Å². The van der Waals surface area contributed by atoms with Crippen LogP contribution in [0.1, 0.15) is 5.56 Å². The van der Waals surface area contributed by atoms with E-state index >= 15 is 0 Å². The standard InChI is InChI=1S/C23H14Cl4N2O3/c1-31-22-12(8-15(25)10-17(22)27)3-7-21(30)28-18-9-13(2-5-16(18)26)23-29-19-11-14(24)4-6-20(19)32-23/h2-11H,1H3,(H,28,30)/b7-3+. The zero-order valence-corrected chi connectivity index (χ0v) is 19.5. The molecule has 9 heteroatoms. The minimum absolute atomic E-state index is 0.343. The van der Waals surface area contributed by atoms with Crippen molar-refractivity contribution in [1.29, 1.82) is 0 Å². The van der Waals surface area contributed by atoms with Gasteiger partial charge in [0.25, 0.3) is 0 Å². The second-order valence-corrected chi connectivity index (χ2v) is 8.35. The van der Waals surface area contributed by atoms with Gasteiger partial charge in [-0.3, -0.25) is 4.79 Å². The number of aromatic nitrogens is 1. The SMILES string of the molecule is COc1c(Cl)cc(Cl)cc1/C=C/C(=O)Nc1cc(-c2nc3cc(Cl)ccc3o2)ccc1Cl. The normalized spacial score (nSPS) is 11.3. The van der Waals surface area contributed by atoms with Crippen LogP contribution in [0.2, 0.25) is 20.1 Å². The third kappa shape index (κ3) is 4.87. The molecule has 0 saturated carbocycles. The molecular formula is C23H14Cl4N2O3. The smallest absolute Gasteiger partial charge is 0.248 e. The molecule has 0 atom stereocenters. The van der Waals surface area contributed by atoms with E-state index in [2.05, 4.69) is 10.3 Å². The average molecular weight is 508 g/mol. The molecule has 5 nitrogen and oxygen atoms in total. The first-order valence-electron chi connectivity index (χ1n) is 9.22. The number of halogens is 4. The van der Waals surface area contributed by atoms with Gasteiger partial charge in [0.2, 0.25) is 11.8 Å². The lowest BCUT2D eigenvalue weighted by molar-refractivity contribution is -0.111. The predicted octanol–water partition coefficient (Wildman–Crippen LogP) is 7.77. The predicted molar refractivity (Wildman–Crippen MR) is 130 cm³/mol. The van der Waals surface area contributed by atoms with Crippen molar-refractivity contribution in [2.24, 2.45) is 0 Å². The Morgan fingerprint density at radius 2 is 1.81 bits per heavy atom. The van der Waals surface area contributed by atoms with Crippen molar-refractivity contribution in [2.45, 2.75) is 0 Å². The van der Waals surface area contributed by atoms with Crippen LogP contribution in [-0.4, -0.2) is 18.0 Å². The molecule has 0 bridgehead atoms. The summed E-state index contributed by atoms with van der Waals surface area (Å²) in [6, 6.07) is 13.5. The maximum absolute atomic E-state index is 12.5. The third-order valence-electron chi connectivity index (χ3n) is 4.48. The Morgan fingerprint density at radius 1 is 1.00 bits per heavy atom. The quantitative estimate of drug-likeness (QED) is 0.280. The Bertz CT molecular complexity index is 1370. The summed E-state index contributed by atoms with van der Waals surface area (Å²) < 4.78 is 11.1. The number of oxazole rings is 1.